The van der Waals surface area contributed by atoms with Gasteiger partial charge in [-0.3, -0.25) is 9.59 Å². The average Bonchev–Trinajstić information content (AvgIpc) is 3.12. The van der Waals surface area contributed by atoms with Crippen LogP contribution in [0.1, 0.15) is 95.9 Å². The van der Waals surface area contributed by atoms with Gasteiger partial charge in [0.2, 0.25) is 0 Å². The summed E-state index contributed by atoms with van der Waals surface area (Å²) in [5.41, 5.74) is 7.76. The Bertz CT molecular complexity index is 1160. The van der Waals surface area contributed by atoms with Crippen LogP contribution in [-0.2, 0) is 0 Å². The summed E-state index contributed by atoms with van der Waals surface area (Å²) in [5.74, 6) is -1.45. The number of carbonyl (C=O) groups is 3. The van der Waals surface area contributed by atoms with Crippen LogP contribution >= 0.6 is 0 Å². The topological polar surface area (TPSA) is 103 Å². The Kier molecular flexibility index (Phi) is 5.77. The first-order valence-electron chi connectivity index (χ1n) is 10.2. The number of aromatic amines is 2. The van der Waals surface area contributed by atoms with Gasteiger partial charge in [0.05, 0.1) is 11.5 Å². The fourth-order valence-electron chi connectivity index (χ4n) is 4.84. The predicted octanol–water partition coefficient (Wildman–Crippen LogP) is 5.17. The van der Waals surface area contributed by atoms with Crippen molar-refractivity contribution in [3.05, 3.63) is 79.9 Å². The third-order valence-electron chi connectivity index (χ3n) is 6.15. The zero-order valence-corrected chi connectivity index (χ0v) is 19.0. The van der Waals surface area contributed by atoms with Crippen molar-refractivity contribution in [3.63, 3.8) is 0 Å². The van der Waals surface area contributed by atoms with Gasteiger partial charge in [0.1, 0.15) is 0 Å². The Morgan fingerprint density at radius 1 is 0.774 bits per heavy atom. The zero-order valence-electron chi connectivity index (χ0n) is 19.0. The molecule has 0 aliphatic rings. The van der Waals surface area contributed by atoms with Gasteiger partial charge in [0.25, 0.3) is 0 Å². The van der Waals surface area contributed by atoms with E-state index in [1.54, 1.807) is 19.1 Å². The first kappa shape index (κ1) is 22.3. The number of aryl methyl sites for hydroxylation is 2. The highest BCUT2D eigenvalue weighted by Crippen LogP contribution is 2.39. The molecule has 6 nitrogen and oxygen atoms in total. The fourth-order valence-corrected chi connectivity index (χ4v) is 4.84. The van der Waals surface area contributed by atoms with Gasteiger partial charge >= 0.3 is 5.97 Å². The SMILES string of the molecule is CC(=O)c1c(C)[nH]c(C(c2cccc(C(=O)O)c2C)c2[nH]c(C)c(C(C)=O)c2C)c1C. The van der Waals surface area contributed by atoms with Crippen LogP contribution in [0, 0.1) is 34.6 Å². The molecular formula is C25H28N2O4. The number of hydrogen-bond donors (Lipinski definition) is 3. The highest BCUT2D eigenvalue weighted by molar-refractivity contribution is 5.98. The number of ketones is 2. The zero-order chi connectivity index (χ0) is 23.2. The standard InChI is InChI=1S/C25H28N2O4/c1-11-18(9-8-10-19(11)25(30)31)22(23-12(2)20(16(6)28)14(4)26-23)24-13(3)21(17(7)29)15(5)27-24/h8-10,22,26-27H,1-7H3,(H,30,31). The van der Waals surface area contributed by atoms with Gasteiger partial charge in [0, 0.05) is 33.9 Å². The molecule has 0 aliphatic heterocycles. The van der Waals surface area contributed by atoms with E-state index < -0.39 is 11.9 Å². The van der Waals surface area contributed by atoms with Crippen molar-refractivity contribution in [2.75, 3.05) is 0 Å². The Morgan fingerprint density at radius 2 is 1.23 bits per heavy atom. The summed E-state index contributed by atoms with van der Waals surface area (Å²) in [4.78, 5) is 43.1. The lowest BCUT2D eigenvalue weighted by molar-refractivity contribution is 0.0695. The molecule has 3 aromatic rings. The van der Waals surface area contributed by atoms with Crippen LogP contribution < -0.4 is 0 Å². The lowest BCUT2D eigenvalue weighted by atomic mass is 9.84. The summed E-state index contributed by atoms with van der Waals surface area (Å²) in [6, 6.07) is 5.21. The van der Waals surface area contributed by atoms with E-state index in [2.05, 4.69) is 9.97 Å². The monoisotopic (exact) mass is 420 g/mol. The Morgan fingerprint density at radius 3 is 1.58 bits per heavy atom. The maximum Gasteiger partial charge on any atom is 0.335 e. The Hall–Kier alpha value is -3.41. The summed E-state index contributed by atoms with van der Waals surface area (Å²) in [5, 5.41) is 9.66. The summed E-state index contributed by atoms with van der Waals surface area (Å²) in [6.45, 7) is 12.4. The Balaban J connectivity index is 2.41. The summed E-state index contributed by atoms with van der Waals surface area (Å²) in [6.07, 6.45) is 0. The maximum absolute atomic E-state index is 12.3. The van der Waals surface area contributed by atoms with Crippen LogP contribution in [-0.4, -0.2) is 32.6 Å². The molecule has 0 unspecified atom stereocenters. The van der Waals surface area contributed by atoms with E-state index in [4.69, 9.17) is 0 Å². The molecule has 3 N–H and O–H groups in total. The normalized spacial score (nSPS) is 11.2. The first-order chi connectivity index (χ1) is 14.5. The number of carboxylic acid groups (broad SMARTS) is 1. The fraction of sp³-hybridized carbons (Fsp3) is 0.320. The molecule has 0 amide bonds. The van der Waals surface area contributed by atoms with Crippen LogP contribution in [0.2, 0.25) is 0 Å². The third kappa shape index (κ3) is 3.63. The molecule has 2 heterocycles. The molecule has 1 aromatic carbocycles. The number of H-pyrrole nitrogens is 2. The molecule has 0 atom stereocenters. The van der Waals surface area contributed by atoms with Crippen LogP contribution in [0.4, 0.5) is 0 Å². The van der Waals surface area contributed by atoms with E-state index in [9.17, 15) is 19.5 Å². The molecule has 0 fully saturated rings. The van der Waals surface area contributed by atoms with Gasteiger partial charge < -0.3 is 15.1 Å². The number of hydrogen-bond acceptors (Lipinski definition) is 3. The van der Waals surface area contributed by atoms with E-state index in [0.717, 1.165) is 39.5 Å². The van der Waals surface area contributed by atoms with Gasteiger partial charge in [0.15, 0.2) is 11.6 Å². The average molecular weight is 421 g/mol. The summed E-state index contributed by atoms with van der Waals surface area (Å²) >= 11 is 0. The number of carboxylic acids is 1. The minimum Gasteiger partial charge on any atom is -0.478 e. The van der Waals surface area contributed by atoms with Crippen molar-refractivity contribution in [1.29, 1.82) is 0 Å². The lowest BCUT2D eigenvalue weighted by Crippen LogP contribution is -2.12. The molecule has 2 aromatic heterocycles. The van der Waals surface area contributed by atoms with Gasteiger partial charge in [-0.2, -0.15) is 0 Å². The van der Waals surface area contributed by atoms with Crippen molar-refractivity contribution in [3.8, 4) is 0 Å². The second-order valence-corrected chi connectivity index (χ2v) is 8.20. The highest BCUT2D eigenvalue weighted by Gasteiger charge is 2.30. The van der Waals surface area contributed by atoms with Crippen molar-refractivity contribution >= 4 is 17.5 Å². The maximum atomic E-state index is 12.3. The molecule has 6 heteroatoms. The van der Waals surface area contributed by atoms with Gasteiger partial charge in [-0.25, -0.2) is 4.79 Å². The van der Waals surface area contributed by atoms with Crippen molar-refractivity contribution in [2.24, 2.45) is 0 Å². The predicted molar refractivity (Wildman–Crippen MR) is 120 cm³/mol. The molecule has 31 heavy (non-hydrogen) atoms. The molecule has 0 aliphatic carbocycles. The van der Waals surface area contributed by atoms with E-state index in [1.807, 2.05) is 33.8 Å². The number of carbonyl (C=O) groups excluding carboxylic acids is 2. The smallest absolute Gasteiger partial charge is 0.335 e. The van der Waals surface area contributed by atoms with Crippen molar-refractivity contribution < 1.29 is 19.5 Å². The van der Waals surface area contributed by atoms with Crippen molar-refractivity contribution in [2.45, 2.75) is 54.4 Å². The molecule has 0 radical (unpaired) electrons. The Labute approximate surface area is 181 Å². The molecule has 0 saturated carbocycles. The largest absolute Gasteiger partial charge is 0.478 e. The number of nitrogens with one attached hydrogen (secondary N) is 2. The van der Waals surface area contributed by atoms with Crippen LogP contribution in [0.25, 0.3) is 0 Å². The quantitative estimate of drug-likeness (QED) is 0.479. The second-order valence-electron chi connectivity index (χ2n) is 8.20. The second kappa shape index (κ2) is 8.02. The summed E-state index contributed by atoms with van der Waals surface area (Å²) in [7, 11) is 0. The summed E-state index contributed by atoms with van der Waals surface area (Å²) < 4.78 is 0. The minimum absolute atomic E-state index is 0.0314. The lowest BCUT2D eigenvalue weighted by Gasteiger charge is -2.21. The van der Waals surface area contributed by atoms with E-state index in [0.29, 0.717) is 16.7 Å². The molecule has 0 spiro atoms. The van der Waals surface area contributed by atoms with Crippen LogP contribution in [0.3, 0.4) is 0 Å². The van der Waals surface area contributed by atoms with Gasteiger partial charge in [-0.05, 0) is 76.8 Å². The minimum atomic E-state index is -0.995. The first-order valence-corrected chi connectivity index (χ1v) is 10.2. The highest BCUT2D eigenvalue weighted by atomic mass is 16.4. The van der Waals surface area contributed by atoms with Gasteiger partial charge in [-0.1, -0.05) is 12.1 Å². The third-order valence-corrected chi connectivity index (χ3v) is 6.15. The van der Waals surface area contributed by atoms with Crippen LogP contribution in [0.5, 0.6) is 0 Å². The van der Waals surface area contributed by atoms with E-state index in [1.165, 1.54) is 13.8 Å². The molecule has 0 bridgehead atoms. The van der Waals surface area contributed by atoms with Crippen molar-refractivity contribution in [1.82, 2.24) is 9.97 Å². The number of aromatic nitrogens is 2. The number of aromatic carboxylic acids is 1. The van der Waals surface area contributed by atoms with Gasteiger partial charge in [-0.15, -0.1) is 0 Å². The number of benzene rings is 1. The number of rotatable bonds is 6. The number of Topliss-reactive ketones (excluding diaryl/α,β-unsaturated/α-hetero) is 2. The van der Waals surface area contributed by atoms with Crippen LogP contribution in [0.15, 0.2) is 18.2 Å². The molecule has 162 valence electrons. The molecule has 0 saturated heterocycles. The van der Waals surface area contributed by atoms with E-state index >= 15 is 0 Å². The molecular weight excluding hydrogens is 392 g/mol. The van der Waals surface area contributed by atoms with E-state index in [-0.39, 0.29) is 17.1 Å². The molecule has 3 rings (SSSR count).